The maximum atomic E-state index is 11.9. The molecule has 7 heteroatoms. The topological polar surface area (TPSA) is 84.7 Å². The lowest BCUT2D eigenvalue weighted by Gasteiger charge is -2.23. The second-order valence-corrected chi connectivity index (χ2v) is 4.91. The minimum atomic E-state index is -0.241. The summed E-state index contributed by atoms with van der Waals surface area (Å²) in [4.78, 5) is 20.2. The lowest BCUT2D eigenvalue weighted by atomic mass is 10.1. The molecule has 3 rings (SSSR count). The van der Waals surface area contributed by atoms with Crippen LogP contribution in [0.5, 0.6) is 0 Å². The number of fused-ring (bicyclic) bond motifs is 1. The van der Waals surface area contributed by atoms with Gasteiger partial charge in [0.15, 0.2) is 0 Å². The summed E-state index contributed by atoms with van der Waals surface area (Å²) in [5.74, 6) is 1.52. The number of pyridine rings is 1. The molecular weight excluding hydrogens is 256 g/mol. The Morgan fingerprint density at radius 3 is 3.10 bits per heavy atom. The number of aromatic nitrogens is 4. The van der Waals surface area contributed by atoms with Crippen LogP contribution in [0.15, 0.2) is 24.7 Å². The number of carbonyl (C=O) groups excluding carboxylic acids is 1. The van der Waals surface area contributed by atoms with Crippen molar-refractivity contribution < 1.29 is 4.79 Å². The van der Waals surface area contributed by atoms with Crippen molar-refractivity contribution in [3.8, 4) is 0 Å². The number of hydrogen-bond donors (Lipinski definition) is 2. The molecule has 0 unspecified atom stereocenters. The molecule has 0 saturated heterocycles. The smallest absolute Gasteiger partial charge is 0.320 e. The highest BCUT2D eigenvalue weighted by molar-refractivity contribution is 5.88. The van der Waals surface area contributed by atoms with E-state index in [9.17, 15) is 4.79 Å². The predicted octanol–water partition coefficient (Wildman–Crippen LogP) is 1.12. The maximum Gasteiger partial charge on any atom is 0.320 e. The zero-order valence-electron chi connectivity index (χ0n) is 11.2. The highest BCUT2D eigenvalue weighted by Gasteiger charge is 2.21. The van der Waals surface area contributed by atoms with Gasteiger partial charge in [-0.3, -0.25) is 5.32 Å². The zero-order valence-corrected chi connectivity index (χ0v) is 11.2. The van der Waals surface area contributed by atoms with E-state index >= 15 is 0 Å². The van der Waals surface area contributed by atoms with Crippen molar-refractivity contribution >= 4 is 11.8 Å². The number of aryl methyl sites for hydroxylation is 2. The van der Waals surface area contributed by atoms with Gasteiger partial charge in [-0.25, -0.2) is 19.4 Å². The van der Waals surface area contributed by atoms with E-state index in [1.807, 2.05) is 17.7 Å². The first kappa shape index (κ1) is 12.6. The molecule has 2 aromatic heterocycles. The first-order valence-corrected chi connectivity index (χ1v) is 6.57. The highest BCUT2D eigenvalue weighted by atomic mass is 16.2. The van der Waals surface area contributed by atoms with Gasteiger partial charge in [-0.1, -0.05) is 6.07 Å². The fraction of sp³-hybridized carbons (Fsp3) is 0.385. The zero-order chi connectivity index (χ0) is 13.9. The molecule has 3 heterocycles. The Morgan fingerprint density at radius 1 is 1.40 bits per heavy atom. The summed E-state index contributed by atoms with van der Waals surface area (Å²) in [7, 11) is 0. The number of rotatable bonds is 2. The van der Waals surface area contributed by atoms with Crippen molar-refractivity contribution in [2.24, 2.45) is 0 Å². The molecule has 1 aliphatic rings. The third-order valence-corrected chi connectivity index (χ3v) is 3.29. The van der Waals surface area contributed by atoms with Crippen LogP contribution in [0.1, 0.15) is 17.8 Å². The van der Waals surface area contributed by atoms with Crippen molar-refractivity contribution in [3.63, 3.8) is 0 Å². The van der Waals surface area contributed by atoms with E-state index in [1.165, 1.54) is 0 Å². The third kappa shape index (κ3) is 2.76. The number of anilines is 1. The third-order valence-electron chi connectivity index (χ3n) is 3.29. The number of amides is 2. The lowest BCUT2D eigenvalue weighted by molar-refractivity contribution is 0.243. The van der Waals surface area contributed by atoms with Crippen LogP contribution in [-0.2, 0) is 13.0 Å². The maximum absolute atomic E-state index is 11.9. The van der Waals surface area contributed by atoms with Crippen molar-refractivity contribution in [1.29, 1.82) is 0 Å². The van der Waals surface area contributed by atoms with Crippen LogP contribution in [0.4, 0.5) is 10.6 Å². The van der Waals surface area contributed by atoms with Gasteiger partial charge < -0.3 is 5.32 Å². The molecule has 0 spiro atoms. The van der Waals surface area contributed by atoms with Crippen molar-refractivity contribution in [2.45, 2.75) is 32.4 Å². The van der Waals surface area contributed by atoms with Gasteiger partial charge in [0.1, 0.15) is 18.0 Å². The van der Waals surface area contributed by atoms with Gasteiger partial charge in [-0.15, -0.1) is 0 Å². The summed E-state index contributed by atoms with van der Waals surface area (Å²) in [6, 6.07) is 3.51. The minimum absolute atomic E-state index is 0.0645. The highest BCUT2D eigenvalue weighted by Crippen LogP contribution is 2.11. The normalized spacial score (nSPS) is 17.4. The fourth-order valence-corrected chi connectivity index (χ4v) is 2.23. The molecule has 0 saturated carbocycles. The van der Waals surface area contributed by atoms with Gasteiger partial charge in [-0.2, -0.15) is 5.10 Å². The SMILES string of the molecule is Cc1ccc(NC(=O)N[C@@H]2CCc3ncnn3C2)nc1. The summed E-state index contributed by atoms with van der Waals surface area (Å²) < 4.78 is 1.83. The monoisotopic (exact) mass is 272 g/mol. The quantitative estimate of drug-likeness (QED) is 0.858. The molecule has 1 aliphatic heterocycles. The van der Waals surface area contributed by atoms with Gasteiger partial charge in [0, 0.05) is 12.6 Å². The second-order valence-electron chi connectivity index (χ2n) is 4.91. The first-order valence-electron chi connectivity index (χ1n) is 6.57. The molecule has 20 heavy (non-hydrogen) atoms. The first-order chi connectivity index (χ1) is 9.70. The van der Waals surface area contributed by atoms with Gasteiger partial charge in [0.25, 0.3) is 0 Å². The summed E-state index contributed by atoms with van der Waals surface area (Å²) in [5, 5.41) is 9.79. The number of hydrogen-bond acceptors (Lipinski definition) is 4. The van der Waals surface area contributed by atoms with Crippen LogP contribution in [0, 0.1) is 6.92 Å². The molecule has 7 nitrogen and oxygen atoms in total. The molecule has 2 N–H and O–H groups in total. The average Bonchev–Trinajstić information content (AvgIpc) is 2.89. The van der Waals surface area contributed by atoms with Crippen molar-refractivity contribution in [2.75, 3.05) is 5.32 Å². The summed E-state index contributed by atoms with van der Waals surface area (Å²) >= 11 is 0. The number of nitrogens with one attached hydrogen (secondary N) is 2. The molecule has 0 fully saturated rings. The number of nitrogens with zero attached hydrogens (tertiary/aromatic N) is 4. The Balaban J connectivity index is 1.56. The number of carbonyl (C=O) groups is 1. The Labute approximate surface area is 116 Å². The Hall–Kier alpha value is -2.44. The van der Waals surface area contributed by atoms with E-state index in [1.54, 1.807) is 18.6 Å². The molecule has 104 valence electrons. The lowest BCUT2D eigenvalue weighted by Crippen LogP contribution is -2.43. The van der Waals surface area contributed by atoms with E-state index in [4.69, 9.17) is 0 Å². The Morgan fingerprint density at radius 2 is 2.30 bits per heavy atom. The van der Waals surface area contributed by atoms with Crippen molar-refractivity contribution in [1.82, 2.24) is 25.1 Å². The minimum Gasteiger partial charge on any atom is -0.333 e. The van der Waals surface area contributed by atoms with Gasteiger partial charge in [-0.05, 0) is 25.0 Å². The van der Waals surface area contributed by atoms with Crippen LogP contribution < -0.4 is 10.6 Å². The summed E-state index contributed by atoms with van der Waals surface area (Å²) in [5.41, 5.74) is 1.06. The molecule has 0 bridgehead atoms. The van der Waals surface area contributed by atoms with E-state index in [2.05, 4.69) is 25.7 Å². The summed E-state index contributed by atoms with van der Waals surface area (Å²) in [6.45, 7) is 2.61. The van der Waals surface area contributed by atoms with Crippen LogP contribution in [0.2, 0.25) is 0 Å². The van der Waals surface area contributed by atoms with E-state index < -0.39 is 0 Å². The van der Waals surface area contributed by atoms with Crippen LogP contribution in [-0.4, -0.2) is 31.8 Å². The van der Waals surface area contributed by atoms with Gasteiger partial charge in [0.2, 0.25) is 0 Å². The predicted molar refractivity (Wildman–Crippen MR) is 73.3 cm³/mol. The fourth-order valence-electron chi connectivity index (χ4n) is 2.23. The second kappa shape index (κ2) is 5.28. The van der Waals surface area contributed by atoms with E-state index in [0.717, 1.165) is 24.2 Å². The average molecular weight is 272 g/mol. The van der Waals surface area contributed by atoms with Crippen LogP contribution >= 0.6 is 0 Å². The van der Waals surface area contributed by atoms with Gasteiger partial charge >= 0.3 is 6.03 Å². The standard InChI is InChI=1S/C13H16N6O/c1-9-2-4-11(14-6-9)18-13(20)17-10-3-5-12-15-8-16-19(12)7-10/h2,4,6,8,10H,3,5,7H2,1H3,(H2,14,17,18,20)/t10-/m1/s1. The largest absolute Gasteiger partial charge is 0.333 e. The Kier molecular flexibility index (Phi) is 3.32. The molecule has 2 amide bonds. The number of urea groups is 1. The van der Waals surface area contributed by atoms with E-state index in [0.29, 0.717) is 12.4 Å². The molecule has 0 aliphatic carbocycles. The molecule has 0 aromatic carbocycles. The summed E-state index contributed by atoms with van der Waals surface area (Å²) in [6.07, 6.45) is 4.97. The van der Waals surface area contributed by atoms with Crippen LogP contribution in [0.25, 0.3) is 0 Å². The van der Waals surface area contributed by atoms with E-state index in [-0.39, 0.29) is 12.1 Å². The molecule has 0 radical (unpaired) electrons. The molecule has 2 aromatic rings. The molecular formula is C13H16N6O. The van der Waals surface area contributed by atoms with Crippen LogP contribution in [0.3, 0.4) is 0 Å². The van der Waals surface area contributed by atoms with Gasteiger partial charge in [0.05, 0.1) is 12.6 Å². The molecule has 1 atom stereocenters. The Bertz CT molecular complexity index is 606. The van der Waals surface area contributed by atoms with Crippen molar-refractivity contribution in [3.05, 3.63) is 36.0 Å².